The van der Waals surface area contributed by atoms with E-state index in [2.05, 4.69) is 0 Å². The third-order valence-electron chi connectivity index (χ3n) is 9.98. The van der Waals surface area contributed by atoms with Crippen molar-refractivity contribution < 1.29 is 38.8 Å². The van der Waals surface area contributed by atoms with Gasteiger partial charge in [0.15, 0.2) is 0 Å². The molecule has 4 fully saturated rings. The van der Waals surface area contributed by atoms with Crippen LogP contribution in [-0.2, 0) is 28.6 Å². The van der Waals surface area contributed by atoms with E-state index in [1.165, 1.54) is 21.0 Å². The zero-order valence-electron chi connectivity index (χ0n) is 20.2. The van der Waals surface area contributed by atoms with Crippen LogP contribution in [0.4, 0.5) is 0 Å². The smallest absolute Gasteiger partial charge is 0.309 e. The SMILES string of the molecule is COC(=O)[C@@H]1CC[C@]2(O)[C@H]3CC[C@@]4(O)C[C@H](OC(C)=O)CC[C@]4(COC(C)=O)[C@@H]3CC[C@@]12C. The Morgan fingerprint density at radius 3 is 2.24 bits per heavy atom. The molecule has 4 aliphatic rings. The van der Waals surface area contributed by atoms with Crippen molar-refractivity contribution in [2.45, 2.75) is 95.9 Å². The number of aliphatic hydroxyl groups is 2. The minimum Gasteiger partial charge on any atom is -0.469 e. The summed E-state index contributed by atoms with van der Waals surface area (Å²) in [5.74, 6) is -1.57. The molecule has 4 saturated carbocycles. The van der Waals surface area contributed by atoms with Crippen molar-refractivity contribution in [2.75, 3.05) is 13.7 Å². The van der Waals surface area contributed by atoms with Crippen molar-refractivity contribution >= 4 is 17.9 Å². The number of hydrogen-bond donors (Lipinski definition) is 2. The summed E-state index contributed by atoms with van der Waals surface area (Å²) >= 11 is 0. The minimum absolute atomic E-state index is 0.0663. The molecule has 0 aromatic carbocycles. The molecule has 4 rings (SSSR count). The van der Waals surface area contributed by atoms with Gasteiger partial charge in [-0.2, -0.15) is 0 Å². The van der Waals surface area contributed by atoms with Gasteiger partial charge in [-0.25, -0.2) is 0 Å². The third kappa shape index (κ3) is 3.51. The van der Waals surface area contributed by atoms with Crippen molar-refractivity contribution in [1.29, 1.82) is 0 Å². The molecule has 2 N–H and O–H groups in total. The average molecular weight is 467 g/mol. The highest BCUT2D eigenvalue weighted by atomic mass is 16.5. The number of hydrogen-bond acceptors (Lipinski definition) is 8. The highest BCUT2D eigenvalue weighted by Gasteiger charge is 2.72. The van der Waals surface area contributed by atoms with Crippen molar-refractivity contribution in [1.82, 2.24) is 0 Å². The van der Waals surface area contributed by atoms with E-state index in [-0.39, 0.29) is 42.4 Å². The maximum atomic E-state index is 12.5. The lowest BCUT2D eigenvalue weighted by atomic mass is 9.41. The number of methoxy groups -OCH3 is 1. The molecule has 0 aliphatic heterocycles. The van der Waals surface area contributed by atoms with Crippen LogP contribution in [0.1, 0.15) is 78.6 Å². The number of carbonyl (C=O) groups is 3. The summed E-state index contributed by atoms with van der Waals surface area (Å²) in [6.45, 7) is 4.83. The van der Waals surface area contributed by atoms with E-state index in [1.54, 1.807) is 0 Å². The fourth-order valence-electron chi connectivity index (χ4n) is 8.37. The fraction of sp³-hybridized carbons (Fsp3) is 0.880. The Balaban J connectivity index is 1.70. The molecule has 0 spiro atoms. The summed E-state index contributed by atoms with van der Waals surface area (Å²) in [5.41, 5.74) is -3.52. The monoisotopic (exact) mass is 466 g/mol. The van der Waals surface area contributed by atoms with E-state index < -0.39 is 28.0 Å². The van der Waals surface area contributed by atoms with Gasteiger partial charge in [0, 0.05) is 31.1 Å². The molecule has 0 amide bonds. The van der Waals surface area contributed by atoms with Gasteiger partial charge in [0.2, 0.25) is 0 Å². The molecule has 0 aromatic rings. The van der Waals surface area contributed by atoms with E-state index >= 15 is 0 Å². The first-order chi connectivity index (χ1) is 15.4. The van der Waals surface area contributed by atoms with Gasteiger partial charge in [-0.05, 0) is 63.2 Å². The molecule has 8 atom stereocenters. The van der Waals surface area contributed by atoms with Crippen LogP contribution in [0.5, 0.6) is 0 Å². The second-order valence-electron chi connectivity index (χ2n) is 11.2. The second kappa shape index (κ2) is 8.22. The van der Waals surface area contributed by atoms with Gasteiger partial charge in [-0.1, -0.05) is 6.92 Å². The van der Waals surface area contributed by atoms with Crippen LogP contribution < -0.4 is 0 Å². The van der Waals surface area contributed by atoms with Gasteiger partial charge in [0.05, 0.1) is 30.8 Å². The minimum atomic E-state index is -1.16. The maximum Gasteiger partial charge on any atom is 0.309 e. The molecule has 8 nitrogen and oxygen atoms in total. The first kappa shape index (κ1) is 24.5. The highest BCUT2D eigenvalue weighted by molar-refractivity contribution is 5.74. The van der Waals surface area contributed by atoms with Crippen molar-refractivity contribution in [3.63, 3.8) is 0 Å². The highest BCUT2D eigenvalue weighted by Crippen LogP contribution is 2.70. The van der Waals surface area contributed by atoms with Crippen LogP contribution in [-0.4, -0.2) is 59.1 Å². The summed E-state index contributed by atoms with van der Waals surface area (Å²) < 4.78 is 16.1. The lowest BCUT2D eigenvalue weighted by Crippen LogP contribution is -2.69. The van der Waals surface area contributed by atoms with Gasteiger partial charge < -0.3 is 24.4 Å². The lowest BCUT2D eigenvalue weighted by molar-refractivity contribution is -0.272. The number of rotatable bonds is 4. The lowest BCUT2D eigenvalue weighted by Gasteiger charge is -2.66. The predicted molar refractivity (Wildman–Crippen MR) is 117 cm³/mol. The van der Waals surface area contributed by atoms with Crippen molar-refractivity contribution in [3.8, 4) is 0 Å². The molecule has 0 unspecified atom stereocenters. The molecular formula is C25H38O8. The summed E-state index contributed by atoms with van der Waals surface area (Å²) in [7, 11) is 1.39. The van der Waals surface area contributed by atoms with Gasteiger partial charge in [-0.15, -0.1) is 0 Å². The Morgan fingerprint density at radius 2 is 1.61 bits per heavy atom. The number of fused-ring (bicyclic) bond motifs is 5. The standard InChI is InChI=1S/C25H38O8/c1-15(26)32-14-23-10-5-17(33-16(2)27)13-24(23,29)11-7-19-18(23)6-9-22(3)20(21(28)31-4)8-12-25(19,22)30/h17-20,29-30H,5-14H2,1-4H3/t17-,18-,19+,20+,22+,23+,24-,25+/m1/s1. The van der Waals surface area contributed by atoms with Crippen LogP contribution in [0.2, 0.25) is 0 Å². The van der Waals surface area contributed by atoms with Gasteiger partial charge in [0.1, 0.15) is 6.10 Å². The maximum absolute atomic E-state index is 12.5. The van der Waals surface area contributed by atoms with Crippen LogP contribution >= 0.6 is 0 Å². The first-order valence-electron chi connectivity index (χ1n) is 12.3. The van der Waals surface area contributed by atoms with Gasteiger partial charge in [0.25, 0.3) is 0 Å². The Bertz CT molecular complexity index is 827. The molecular weight excluding hydrogens is 428 g/mol. The molecule has 0 radical (unpaired) electrons. The van der Waals surface area contributed by atoms with Crippen molar-refractivity contribution in [2.24, 2.45) is 28.6 Å². The molecule has 0 bridgehead atoms. The third-order valence-corrected chi connectivity index (χ3v) is 9.98. The molecule has 0 heterocycles. The molecule has 0 saturated heterocycles. The summed E-state index contributed by atoms with van der Waals surface area (Å²) in [6, 6.07) is 0. The molecule has 186 valence electrons. The second-order valence-corrected chi connectivity index (χ2v) is 11.2. The summed E-state index contributed by atoms with van der Waals surface area (Å²) in [4.78, 5) is 35.9. The largest absolute Gasteiger partial charge is 0.469 e. The predicted octanol–water partition coefficient (Wildman–Crippen LogP) is 2.52. The normalized spacial score (nSPS) is 46.4. The van der Waals surface area contributed by atoms with Crippen LogP contribution in [0.3, 0.4) is 0 Å². The first-order valence-corrected chi connectivity index (χ1v) is 12.3. The number of carbonyl (C=O) groups excluding carboxylic acids is 3. The zero-order chi connectivity index (χ0) is 24.2. The molecule has 0 aromatic heterocycles. The quantitative estimate of drug-likeness (QED) is 0.479. The Kier molecular flexibility index (Phi) is 6.09. The van der Waals surface area contributed by atoms with E-state index in [4.69, 9.17) is 14.2 Å². The summed E-state index contributed by atoms with van der Waals surface area (Å²) in [5, 5.41) is 24.2. The van der Waals surface area contributed by atoms with Crippen LogP contribution in [0, 0.1) is 28.6 Å². The average Bonchev–Trinajstić information content (AvgIpc) is 3.02. The molecule has 4 aliphatic carbocycles. The fourth-order valence-corrected chi connectivity index (χ4v) is 8.37. The van der Waals surface area contributed by atoms with Crippen LogP contribution in [0.25, 0.3) is 0 Å². The van der Waals surface area contributed by atoms with Gasteiger partial charge in [-0.3, -0.25) is 14.4 Å². The number of esters is 3. The number of ether oxygens (including phenoxy) is 3. The molecule has 8 heteroatoms. The topological polar surface area (TPSA) is 119 Å². The van der Waals surface area contributed by atoms with Crippen molar-refractivity contribution in [3.05, 3.63) is 0 Å². The summed E-state index contributed by atoms with van der Waals surface area (Å²) in [6.07, 6.45) is 4.54. The van der Waals surface area contributed by atoms with Crippen LogP contribution in [0.15, 0.2) is 0 Å². The van der Waals surface area contributed by atoms with E-state index in [0.717, 1.165) is 6.42 Å². The van der Waals surface area contributed by atoms with E-state index in [1.807, 2.05) is 6.92 Å². The molecule has 33 heavy (non-hydrogen) atoms. The Morgan fingerprint density at radius 1 is 0.909 bits per heavy atom. The van der Waals surface area contributed by atoms with E-state index in [0.29, 0.717) is 51.4 Å². The Labute approximate surface area is 195 Å². The zero-order valence-corrected chi connectivity index (χ0v) is 20.2. The Hall–Kier alpha value is -1.67. The van der Waals surface area contributed by atoms with Gasteiger partial charge >= 0.3 is 17.9 Å². The van der Waals surface area contributed by atoms with E-state index in [9.17, 15) is 24.6 Å².